The molecule has 132 valence electrons. The molecule has 6 nitrogen and oxygen atoms in total. The molecule has 0 amide bonds. The van der Waals surface area contributed by atoms with Gasteiger partial charge in [-0.2, -0.15) is 5.26 Å². The lowest BCUT2D eigenvalue weighted by Gasteiger charge is -2.28. The van der Waals surface area contributed by atoms with Crippen LogP contribution in [0.3, 0.4) is 0 Å². The number of carbonyl (C=O) groups is 1. The highest BCUT2D eigenvalue weighted by atomic mass is 16.6. The number of carbonyl (C=O) groups excluding carboxylic acids is 1. The van der Waals surface area contributed by atoms with Crippen LogP contribution in [0.15, 0.2) is 23.8 Å². The second kappa shape index (κ2) is 7.47. The minimum Gasteiger partial charge on any atom is -0.366 e. The van der Waals surface area contributed by atoms with Crippen LogP contribution in [-0.2, 0) is 4.79 Å². The Morgan fingerprint density at radius 1 is 1.28 bits per heavy atom. The zero-order chi connectivity index (χ0) is 18.6. The molecule has 1 heterocycles. The van der Waals surface area contributed by atoms with Gasteiger partial charge >= 0.3 is 0 Å². The van der Waals surface area contributed by atoms with Gasteiger partial charge in [0.15, 0.2) is 5.78 Å². The number of nitriles is 1. The molecule has 1 aliphatic rings. The number of benzene rings is 1. The first-order chi connectivity index (χ1) is 11.7. The molecule has 0 unspecified atom stereocenters. The Morgan fingerprint density at radius 2 is 1.92 bits per heavy atom. The highest BCUT2D eigenvalue weighted by Crippen LogP contribution is 2.32. The third-order valence-corrected chi connectivity index (χ3v) is 4.25. The summed E-state index contributed by atoms with van der Waals surface area (Å²) in [5, 5.41) is 20.8. The van der Waals surface area contributed by atoms with Crippen molar-refractivity contribution in [2.45, 2.75) is 40.0 Å². The first-order valence-corrected chi connectivity index (χ1v) is 8.44. The fourth-order valence-corrected chi connectivity index (χ4v) is 2.90. The average Bonchev–Trinajstić information content (AvgIpc) is 2.58. The van der Waals surface area contributed by atoms with E-state index in [1.807, 2.05) is 11.0 Å². The smallest absolute Gasteiger partial charge is 0.293 e. The van der Waals surface area contributed by atoms with Crippen LogP contribution >= 0.6 is 0 Å². The molecule has 0 radical (unpaired) electrons. The Balaban J connectivity index is 2.41. The van der Waals surface area contributed by atoms with Gasteiger partial charge in [0, 0.05) is 24.6 Å². The van der Waals surface area contributed by atoms with Gasteiger partial charge in [-0.1, -0.05) is 26.8 Å². The lowest BCUT2D eigenvalue weighted by Crippen LogP contribution is -2.29. The summed E-state index contributed by atoms with van der Waals surface area (Å²) in [5.41, 5.74) is 0.425. The molecule has 0 atom stereocenters. The van der Waals surface area contributed by atoms with Crippen molar-refractivity contribution < 1.29 is 9.72 Å². The summed E-state index contributed by atoms with van der Waals surface area (Å²) in [5.74, 6) is -0.280. The van der Waals surface area contributed by atoms with Crippen LogP contribution < -0.4 is 4.90 Å². The number of anilines is 1. The molecule has 25 heavy (non-hydrogen) atoms. The average molecular weight is 341 g/mol. The van der Waals surface area contributed by atoms with E-state index >= 15 is 0 Å². The number of ketones is 1. The van der Waals surface area contributed by atoms with Crippen molar-refractivity contribution in [1.29, 1.82) is 5.26 Å². The Hall–Kier alpha value is -2.68. The Kier molecular flexibility index (Phi) is 5.58. The highest BCUT2D eigenvalue weighted by Gasteiger charge is 2.26. The molecule has 6 heteroatoms. The quantitative estimate of drug-likeness (QED) is 0.356. The largest absolute Gasteiger partial charge is 0.366 e. The van der Waals surface area contributed by atoms with Gasteiger partial charge in [-0.3, -0.25) is 14.9 Å². The van der Waals surface area contributed by atoms with Crippen molar-refractivity contribution in [3.8, 4) is 6.07 Å². The van der Waals surface area contributed by atoms with Crippen molar-refractivity contribution in [2.75, 3.05) is 18.0 Å². The monoisotopic (exact) mass is 341 g/mol. The number of hydrogen-bond donors (Lipinski definition) is 0. The second-order valence-corrected chi connectivity index (χ2v) is 7.30. The van der Waals surface area contributed by atoms with Crippen molar-refractivity contribution >= 4 is 23.2 Å². The highest BCUT2D eigenvalue weighted by molar-refractivity contribution is 6.06. The first kappa shape index (κ1) is 18.7. The van der Waals surface area contributed by atoms with E-state index in [1.165, 1.54) is 12.1 Å². The van der Waals surface area contributed by atoms with Gasteiger partial charge in [-0.05, 0) is 37.0 Å². The predicted molar refractivity (Wildman–Crippen MR) is 97.2 cm³/mol. The van der Waals surface area contributed by atoms with E-state index in [0.717, 1.165) is 32.4 Å². The second-order valence-electron chi connectivity index (χ2n) is 7.30. The molecule has 0 spiro atoms. The first-order valence-electron chi connectivity index (χ1n) is 8.44. The number of piperidine rings is 1. The maximum Gasteiger partial charge on any atom is 0.293 e. The number of hydrogen-bond acceptors (Lipinski definition) is 5. The predicted octanol–water partition coefficient (Wildman–Crippen LogP) is 4.11. The molecule has 1 saturated heterocycles. The van der Waals surface area contributed by atoms with E-state index in [2.05, 4.69) is 0 Å². The van der Waals surface area contributed by atoms with Crippen LogP contribution in [0.5, 0.6) is 0 Å². The summed E-state index contributed by atoms with van der Waals surface area (Å²) in [6, 6.07) is 6.80. The molecule has 0 saturated carbocycles. The van der Waals surface area contributed by atoms with Crippen molar-refractivity contribution in [3.63, 3.8) is 0 Å². The SMILES string of the molecule is CC(C)(C)C(=O)/C(C#N)=C/c1ccc(N2CCCCC2)c([N+](=O)[O-])c1. The lowest BCUT2D eigenvalue weighted by atomic mass is 9.86. The van der Waals surface area contributed by atoms with Gasteiger partial charge in [-0.15, -0.1) is 0 Å². The zero-order valence-corrected chi connectivity index (χ0v) is 14.9. The van der Waals surface area contributed by atoms with E-state index < -0.39 is 10.3 Å². The minimum atomic E-state index is -0.679. The van der Waals surface area contributed by atoms with Gasteiger partial charge in [0.05, 0.1) is 10.5 Å². The van der Waals surface area contributed by atoms with E-state index in [0.29, 0.717) is 11.3 Å². The molecule has 0 aromatic heterocycles. The molecule has 2 rings (SSSR count). The summed E-state index contributed by atoms with van der Waals surface area (Å²) in [6.45, 7) is 6.83. The summed E-state index contributed by atoms with van der Waals surface area (Å²) in [6.07, 6.45) is 4.63. The maximum atomic E-state index is 12.3. The zero-order valence-electron chi connectivity index (χ0n) is 14.9. The summed E-state index contributed by atoms with van der Waals surface area (Å²) in [4.78, 5) is 25.4. The Morgan fingerprint density at radius 3 is 2.44 bits per heavy atom. The van der Waals surface area contributed by atoms with Gasteiger partial charge < -0.3 is 4.90 Å². The fraction of sp³-hybridized carbons (Fsp3) is 0.474. The van der Waals surface area contributed by atoms with Gasteiger partial charge in [0.2, 0.25) is 0 Å². The van der Waals surface area contributed by atoms with Crippen LogP contribution in [0.4, 0.5) is 11.4 Å². The normalized spacial score (nSPS) is 15.6. The summed E-state index contributed by atoms with van der Waals surface area (Å²) >= 11 is 0. The van der Waals surface area contributed by atoms with Crippen molar-refractivity contribution in [2.24, 2.45) is 5.41 Å². The van der Waals surface area contributed by atoms with E-state index in [4.69, 9.17) is 0 Å². The Labute approximate surface area is 147 Å². The molecule has 0 bridgehead atoms. The van der Waals surface area contributed by atoms with Crippen LogP contribution in [0.25, 0.3) is 6.08 Å². The van der Waals surface area contributed by atoms with Crippen LogP contribution in [0.1, 0.15) is 45.6 Å². The van der Waals surface area contributed by atoms with E-state index in [1.54, 1.807) is 32.9 Å². The molecular formula is C19H23N3O3. The van der Waals surface area contributed by atoms with Gasteiger partial charge in [0.1, 0.15) is 11.8 Å². The number of nitro benzene ring substituents is 1. The van der Waals surface area contributed by atoms with Gasteiger partial charge in [-0.25, -0.2) is 0 Å². The molecule has 0 aliphatic carbocycles. The Bertz CT molecular complexity index is 748. The van der Waals surface area contributed by atoms with Gasteiger partial charge in [0.25, 0.3) is 5.69 Å². The molecule has 0 N–H and O–H groups in total. The standard InChI is InChI=1S/C19H23N3O3/c1-19(2,3)18(23)15(13-20)11-14-7-8-16(17(12-14)22(24)25)21-9-5-4-6-10-21/h7-8,11-12H,4-6,9-10H2,1-3H3/b15-11+. The number of allylic oxidation sites excluding steroid dienone is 1. The molecular weight excluding hydrogens is 318 g/mol. The third kappa shape index (κ3) is 4.44. The number of Topliss-reactive ketones (excluding diaryl/α,β-unsaturated/α-hetero) is 1. The third-order valence-electron chi connectivity index (χ3n) is 4.25. The van der Waals surface area contributed by atoms with E-state index in [9.17, 15) is 20.2 Å². The fourth-order valence-electron chi connectivity index (χ4n) is 2.90. The van der Waals surface area contributed by atoms with Crippen molar-refractivity contribution in [1.82, 2.24) is 0 Å². The molecule has 1 aromatic rings. The van der Waals surface area contributed by atoms with Crippen LogP contribution in [-0.4, -0.2) is 23.8 Å². The minimum absolute atomic E-state index is 0.00696. The lowest BCUT2D eigenvalue weighted by molar-refractivity contribution is -0.384. The summed E-state index contributed by atoms with van der Waals surface area (Å²) in [7, 11) is 0. The molecule has 1 aromatic carbocycles. The van der Waals surface area contributed by atoms with Crippen LogP contribution in [0, 0.1) is 26.9 Å². The number of nitro groups is 1. The number of nitrogens with zero attached hydrogens (tertiary/aromatic N) is 3. The molecule has 1 aliphatic heterocycles. The van der Waals surface area contributed by atoms with Crippen molar-refractivity contribution in [3.05, 3.63) is 39.4 Å². The van der Waals surface area contributed by atoms with Crippen LogP contribution in [0.2, 0.25) is 0 Å². The number of rotatable bonds is 4. The van der Waals surface area contributed by atoms with E-state index in [-0.39, 0.29) is 17.0 Å². The molecule has 1 fully saturated rings. The maximum absolute atomic E-state index is 12.3. The topological polar surface area (TPSA) is 87.2 Å². The summed E-state index contributed by atoms with van der Waals surface area (Å²) < 4.78 is 0.